The first kappa shape index (κ1) is 49.9. The van der Waals surface area contributed by atoms with Crippen LogP contribution in [0.4, 0.5) is 17.6 Å². The summed E-state index contributed by atoms with van der Waals surface area (Å²) in [6, 6.07) is 75.9. The molecule has 371 valence electrons. The molecule has 0 spiro atoms. The van der Waals surface area contributed by atoms with Gasteiger partial charge in [0, 0.05) is 67.5 Å². The van der Waals surface area contributed by atoms with Gasteiger partial charge in [-0.1, -0.05) is 163 Å². The molecular formula is C68H40F4IrN4-2. The van der Waals surface area contributed by atoms with Crippen molar-refractivity contribution in [2.24, 2.45) is 0 Å². The Bertz CT molecular complexity index is 3920. The molecule has 1 radical (unpaired) electrons. The summed E-state index contributed by atoms with van der Waals surface area (Å²) in [6.45, 7) is 0. The largest absolute Gasteiger partial charge is 0.304 e. The number of aromatic nitrogens is 4. The van der Waals surface area contributed by atoms with E-state index in [0.717, 1.165) is 125 Å². The molecule has 9 heteroatoms. The summed E-state index contributed by atoms with van der Waals surface area (Å²) >= 11 is 0. The summed E-state index contributed by atoms with van der Waals surface area (Å²) in [5.41, 5.74) is 17.4. The average molecular weight is 1180 g/mol. The van der Waals surface area contributed by atoms with Crippen LogP contribution in [0.5, 0.6) is 0 Å². The summed E-state index contributed by atoms with van der Waals surface area (Å²) in [4.78, 5) is 18.3. The van der Waals surface area contributed by atoms with E-state index in [9.17, 15) is 17.6 Å². The van der Waals surface area contributed by atoms with Gasteiger partial charge >= 0.3 is 0 Å². The zero-order valence-corrected chi connectivity index (χ0v) is 43.1. The Morgan fingerprint density at radius 2 is 0.792 bits per heavy atom. The number of pyridine rings is 4. The van der Waals surface area contributed by atoms with Gasteiger partial charge in [-0.3, -0.25) is 13.8 Å². The predicted octanol–water partition coefficient (Wildman–Crippen LogP) is 17.8. The van der Waals surface area contributed by atoms with Crippen LogP contribution < -0.4 is 0 Å². The fraction of sp³-hybridized carbons (Fsp3) is 0. The molecular weight excluding hydrogens is 1140 g/mol. The third kappa shape index (κ3) is 10.3. The Labute approximate surface area is 456 Å². The van der Waals surface area contributed by atoms with E-state index >= 15 is 0 Å². The van der Waals surface area contributed by atoms with E-state index in [2.05, 4.69) is 112 Å². The van der Waals surface area contributed by atoms with Gasteiger partial charge in [-0.15, -0.1) is 48.0 Å². The SMILES string of the molecule is Fc1c[c-]c(-c2ccc(-c3ccccc3-c3cc(-c4ccccc4-c4ccc(-c5ncc(F)cc5F)nc4)cc(-c4ccccc4-c4cnc(-c5[c-]cccc5)cc4-c4ccc(-c5ccccc5)cc4)c3)cn2)c(F)c1.[Ir]. The monoisotopic (exact) mass is 1180 g/mol. The van der Waals surface area contributed by atoms with Crippen LogP contribution in [0, 0.1) is 35.4 Å². The van der Waals surface area contributed by atoms with Crippen LogP contribution in [0.1, 0.15) is 0 Å². The molecule has 8 aromatic carbocycles. The molecule has 4 aromatic heterocycles. The smallest absolute Gasteiger partial charge is 0.153 e. The number of hydrogen-bond donors (Lipinski definition) is 0. The Kier molecular flexibility index (Phi) is 14.2. The van der Waals surface area contributed by atoms with Crippen molar-refractivity contribution in [2.75, 3.05) is 0 Å². The Morgan fingerprint density at radius 3 is 1.35 bits per heavy atom. The van der Waals surface area contributed by atoms with Gasteiger partial charge in [0.15, 0.2) is 5.82 Å². The second kappa shape index (κ2) is 21.9. The van der Waals surface area contributed by atoms with E-state index in [0.29, 0.717) is 5.69 Å². The first-order chi connectivity index (χ1) is 37.3. The fourth-order valence-corrected chi connectivity index (χ4v) is 9.76. The number of hydrogen-bond acceptors (Lipinski definition) is 4. The molecule has 0 aliphatic rings. The van der Waals surface area contributed by atoms with Crippen LogP contribution in [0.25, 0.3) is 123 Å². The topological polar surface area (TPSA) is 51.6 Å². The maximum Gasteiger partial charge on any atom is 0.153 e. The number of rotatable bonds is 11. The molecule has 0 unspecified atom stereocenters. The molecule has 0 bridgehead atoms. The minimum absolute atomic E-state index is 0. The summed E-state index contributed by atoms with van der Waals surface area (Å²) in [5.74, 6) is -3.02. The van der Waals surface area contributed by atoms with Crippen molar-refractivity contribution < 1.29 is 37.7 Å². The van der Waals surface area contributed by atoms with Gasteiger partial charge in [-0.25, -0.2) is 13.8 Å². The van der Waals surface area contributed by atoms with Gasteiger partial charge in [0.05, 0.1) is 11.9 Å². The maximum atomic E-state index is 14.9. The summed E-state index contributed by atoms with van der Waals surface area (Å²) in [5, 5.41) is 0. The zero-order valence-electron chi connectivity index (χ0n) is 40.7. The molecule has 0 aliphatic carbocycles. The van der Waals surface area contributed by atoms with Crippen LogP contribution in [-0.4, -0.2) is 19.9 Å². The van der Waals surface area contributed by atoms with Crippen LogP contribution in [0.15, 0.2) is 243 Å². The molecule has 4 nitrogen and oxygen atoms in total. The third-order valence-electron chi connectivity index (χ3n) is 13.4. The second-order valence-corrected chi connectivity index (χ2v) is 18.2. The Balaban J connectivity index is 0.00000631. The minimum Gasteiger partial charge on any atom is -0.304 e. The molecule has 12 rings (SSSR count). The Hall–Kier alpha value is -9.27. The van der Waals surface area contributed by atoms with Gasteiger partial charge in [0.1, 0.15) is 11.5 Å². The van der Waals surface area contributed by atoms with Crippen molar-refractivity contribution in [3.05, 3.63) is 279 Å². The first-order valence-electron chi connectivity index (χ1n) is 24.5. The van der Waals surface area contributed by atoms with Crippen molar-refractivity contribution in [1.29, 1.82) is 0 Å². The van der Waals surface area contributed by atoms with Crippen molar-refractivity contribution in [3.8, 4) is 123 Å². The van der Waals surface area contributed by atoms with Gasteiger partial charge in [0.2, 0.25) is 0 Å². The van der Waals surface area contributed by atoms with Crippen LogP contribution in [0.3, 0.4) is 0 Å². The molecule has 0 N–H and O–H groups in total. The molecule has 0 saturated heterocycles. The van der Waals surface area contributed by atoms with E-state index in [-0.39, 0.29) is 37.1 Å². The first-order valence-corrected chi connectivity index (χ1v) is 24.5. The number of benzene rings is 8. The number of nitrogens with zero attached hydrogens (tertiary/aromatic N) is 4. The molecule has 0 saturated carbocycles. The predicted molar refractivity (Wildman–Crippen MR) is 295 cm³/mol. The molecule has 0 fully saturated rings. The summed E-state index contributed by atoms with van der Waals surface area (Å²) in [6.07, 6.45) is 6.31. The van der Waals surface area contributed by atoms with Crippen molar-refractivity contribution in [3.63, 3.8) is 0 Å². The van der Waals surface area contributed by atoms with Crippen molar-refractivity contribution >= 4 is 0 Å². The van der Waals surface area contributed by atoms with Crippen LogP contribution in [-0.2, 0) is 20.1 Å². The van der Waals surface area contributed by atoms with Crippen LogP contribution >= 0.6 is 0 Å². The molecule has 0 atom stereocenters. The number of halogens is 4. The standard InChI is InChI=1S/C68H40F4N4.Ir/c69-52-29-30-60(63(71)36-52)65-31-27-47(39-73-65)54-17-7-9-19-56(54)49-33-50(57-20-10-8-18-55(57)48-28-32-66(74-40-48)68-64(72)37-53(70)41-76-68)35-51(34-49)58-21-11-12-22-59(58)62-42-75-67(46-15-5-2-6-16-46)38-61(62)45-25-23-44(24-26-45)43-13-3-1-4-14-43;/h1-15,17-29,31-42H;/q-2;. The van der Waals surface area contributed by atoms with E-state index in [1.165, 1.54) is 0 Å². The van der Waals surface area contributed by atoms with Crippen LogP contribution in [0.2, 0.25) is 0 Å². The third-order valence-corrected chi connectivity index (χ3v) is 13.4. The zero-order chi connectivity index (χ0) is 51.5. The van der Waals surface area contributed by atoms with E-state index in [1.807, 2.05) is 109 Å². The maximum absolute atomic E-state index is 14.9. The Morgan fingerprint density at radius 1 is 0.299 bits per heavy atom. The molecule has 4 heterocycles. The van der Waals surface area contributed by atoms with Gasteiger partial charge in [0.25, 0.3) is 0 Å². The molecule has 0 aliphatic heterocycles. The van der Waals surface area contributed by atoms with Crippen molar-refractivity contribution in [2.45, 2.75) is 0 Å². The van der Waals surface area contributed by atoms with Gasteiger partial charge < -0.3 is 9.97 Å². The molecule has 12 aromatic rings. The fourth-order valence-electron chi connectivity index (χ4n) is 9.76. The van der Waals surface area contributed by atoms with Crippen molar-refractivity contribution in [1.82, 2.24) is 19.9 Å². The minimum atomic E-state index is -0.799. The molecule has 77 heavy (non-hydrogen) atoms. The average Bonchev–Trinajstić information content (AvgIpc) is 3.49. The van der Waals surface area contributed by atoms with Gasteiger partial charge in [-0.05, 0) is 114 Å². The van der Waals surface area contributed by atoms with E-state index in [1.54, 1.807) is 24.5 Å². The van der Waals surface area contributed by atoms with Gasteiger partial charge in [-0.2, -0.15) is 0 Å². The molecule has 0 amide bonds. The second-order valence-electron chi connectivity index (χ2n) is 18.2. The summed E-state index contributed by atoms with van der Waals surface area (Å²) in [7, 11) is 0. The normalized spacial score (nSPS) is 11.0. The summed E-state index contributed by atoms with van der Waals surface area (Å²) < 4.78 is 57.4. The van der Waals surface area contributed by atoms with E-state index in [4.69, 9.17) is 4.98 Å². The van der Waals surface area contributed by atoms with E-state index < -0.39 is 23.3 Å². The quantitative estimate of drug-likeness (QED) is 0.0957.